The standard InChI is InChI=1S/C20H21N3/c1-16(13-17-9-5-3-6-10-17)14-21-20-22-15-19(23(20)2)18-11-7-4-8-12-18/h3-13,15H,14H2,1-2H3,(H,21,22)/b16-13+. The Kier molecular flexibility index (Phi) is 4.57. The first kappa shape index (κ1) is 15.1. The van der Waals surface area contributed by atoms with Gasteiger partial charge in [0, 0.05) is 13.6 Å². The van der Waals surface area contributed by atoms with Gasteiger partial charge in [-0.1, -0.05) is 72.3 Å². The first-order valence-electron chi connectivity index (χ1n) is 7.77. The van der Waals surface area contributed by atoms with Gasteiger partial charge in [-0.05, 0) is 18.1 Å². The van der Waals surface area contributed by atoms with Crippen LogP contribution in [0, 0.1) is 0 Å². The van der Waals surface area contributed by atoms with Crippen molar-refractivity contribution in [3.63, 3.8) is 0 Å². The normalized spacial score (nSPS) is 11.5. The van der Waals surface area contributed by atoms with E-state index in [0.717, 1.165) is 18.2 Å². The smallest absolute Gasteiger partial charge is 0.203 e. The molecular formula is C20H21N3. The molecule has 0 aliphatic carbocycles. The van der Waals surface area contributed by atoms with E-state index in [1.807, 2.05) is 37.5 Å². The predicted octanol–water partition coefficient (Wildman–Crippen LogP) is 4.60. The molecule has 3 heteroatoms. The van der Waals surface area contributed by atoms with Crippen molar-refractivity contribution >= 4 is 12.0 Å². The lowest BCUT2D eigenvalue weighted by atomic mass is 10.1. The molecular weight excluding hydrogens is 282 g/mol. The predicted molar refractivity (Wildman–Crippen MR) is 97.2 cm³/mol. The second kappa shape index (κ2) is 6.97. The highest BCUT2D eigenvalue weighted by molar-refractivity contribution is 5.61. The quantitative estimate of drug-likeness (QED) is 0.746. The summed E-state index contributed by atoms with van der Waals surface area (Å²) < 4.78 is 2.09. The lowest BCUT2D eigenvalue weighted by molar-refractivity contribution is 0.916. The maximum absolute atomic E-state index is 4.50. The molecule has 0 aliphatic rings. The minimum Gasteiger partial charge on any atom is -0.352 e. The molecule has 0 saturated heterocycles. The number of hydrogen-bond donors (Lipinski definition) is 1. The fourth-order valence-corrected chi connectivity index (χ4v) is 2.55. The second-order valence-electron chi connectivity index (χ2n) is 5.65. The zero-order valence-corrected chi connectivity index (χ0v) is 13.5. The van der Waals surface area contributed by atoms with E-state index < -0.39 is 0 Å². The van der Waals surface area contributed by atoms with Crippen molar-refractivity contribution in [2.75, 3.05) is 11.9 Å². The molecule has 0 atom stereocenters. The zero-order valence-electron chi connectivity index (χ0n) is 13.5. The van der Waals surface area contributed by atoms with E-state index in [2.05, 4.69) is 64.3 Å². The summed E-state index contributed by atoms with van der Waals surface area (Å²) in [5.41, 5.74) is 4.77. The van der Waals surface area contributed by atoms with Crippen LogP contribution in [-0.2, 0) is 7.05 Å². The molecule has 3 aromatic rings. The molecule has 3 nitrogen and oxygen atoms in total. The van der Waals surface area contributed by atoms with Crippen LogP contribution in [-0.4, -0.2) is 16.1 Å². The van der Waals surface area contributed by atoms with Crippen molar-refractivity contribution in [3.8, 4) is 11.3 Å². The largest absolute Gasteiger partial charge is 0.352 e. The molecule has 0 radical (unpaired) electrons. The number of rotatable bonds is 5. The Morgan fingerprint density at radius 1 is 1.04 bits per heavy atom. The molecule has 0 fully saturated rings. The first-order chi connectivity index (χ1) is 11.2. The van der Waals surface area contributed by atoms with Crippen LogP contribution in [0.4, 0.5) is 5.95 Å². The zero-order chi connectivity index (χ0) is 16.1. The van der Waals surface area contributed by atoms with Crippen molar-refractivity contribution < 1.29 is 0 Å². The van der Waals surface area contributed by atoms with Crippen molar-refractivity contribution in [3.05, 3.63) is 78.0 Å². The van der Waals surface area contributed by atoms with Gasteiger partial charge in [-0.3, -0.25) is 0 Å². The van der Waals surface area contributed by atoms with Crippen molar-refractivity contribution in [2.45, 2.75) is 6.92 Å². The summed E-state index contributed by atoms with van der Waals surface area (Å²) in [6.45, 7) is 2.90. The monoisotopic (exact) mass is 303 g/mol. The minimum absolute atomic E-state index is 0.772. The maximum Gasteiger partial charge on any atom is 0.203 e. The first-order valence-corrected chi connectivity index (χ1v) is 7.77. The number of aromatic nitrogens is 2. The summed E-state index contributed by atoms with van der Waals surface area (Å²) in [4.78, 5) is 4.50. The van der Waals surface area contributed by atoms with Crippen LogP contribution in [0.25, 0.3) is 17.3 Å². The molecule has 1 N–H and O–H groups in total. The SMILES string of the molecule is C/C(=C\c1ccccc1)CNc1ncc(-c2ccccc2)n1C. The van der Waals surface area contributed by atoms with Gasteiger partial charge in [0.1, 0.15) is 0 Å². The molecule has 0 aliphatic heterocycles. The molecule has 0 unspecified atom stereocenters. The number of benzene rings is 2. The third kappa shape index (κ3) is 3.69. The molecule has 23 heavy (non-hydrogen) atoms. The number of nitrogens with zero attached hydrogens (tertiary/aromatic N) is 2. The van der Waals surface area contributed by atoms with Crippen LogP contribution in [0.5, 0.6) is 0 Å². The highest BCUT2D eigenvalue weighted by Crippen LogP contribution is 2.21. The fourth-order valence-electron chi connectivity index (χ4n) is 2.55. The topological polar surface area (TPSA) is 29.9 Å². The van der Waals surface area contributed by atoms with E-state index in [1.165, 1.54) is 16.7 Å². The lowest BCUT2D eigenvalue weighted by Crippen LogP contribution is -2.08. The Morgan fingerprint density at radius 2 is 1.70 bits per heavy atom. The van der Waals surface area contributed by atoms with Crippen LogP contribution in [0.1, 0.15) is 12.5 Å². The summed E-state index contributed by atoms with van der Waals surface area (Å²) >= 11 is 0. The Hall–Kier alpha value is -2.81. The van der Waals surface area contributed by atoms with Gasteiger partial charge in [-0.25, -0.2) is 4.98 Å². The third-order valence-corrected chi connectivity index (χ3v) is 3.80. The van der Waals surface area contributed by atoms with E-state index in [1.54, 1.807) is 0 Å². The van der Waals surface area contributed by atoms with Crippen LogP contribution >= 0.6 is 0 Å². The molecule has 116 valence electrons. The van der Waals surface area contributed by atoms with Crippen molar-refractivity contribution in [2.24, 2.45) is 7.05 Å². The van der Waals surface area contributed by atoms with Gasteiger partial charge in [-0.15, -0.1) is 0 Å². The average molecular weight is 303 g/mol. The maximum atomic E-state index is 4.50. The van der Waals surface area contributed by atoms with Gasteiger partial charge < -0.3 is 9.88 Å². The molecule has 3 rings (SSSR count). The van der Waals surface area contributed by atoms with Gasteiger partial charge in [0.05, 0.1) is 11.9 Å². The van der Waals surface area contributed by atoms with Crippen LogP contribution in [0.3, 0.4) is 0 Å². The number of imidazole rings is 1. The third-order valence-electron chi connectivity index (χ3n) is 3.80. The number of hydrogen-bond acceptors (Lipinski definition) is 2. The summed E-state index contributed by atoms with van der Waals surface area (Å²) in [5, 5.41) is 3.41. The molecule has 1 aromatic heterocycles. The van der Waals surface area contributed by atoms with Gasteiger partial charge in [0.25, 0.3) is 0 Å². The lowest BCUT2D eigenvalue weighted by Gasteiger charge is -2.09. The molecule has 0 spiro atoms. The van der Waals surface area contributed by atoms with Crippen LogP contribution < -0.4 is 5.32 Å². The van der Waals surface area contributed by atoms with Gasteiger partial charge in [-0.2, -0.15) is 0 Å². The fraction of sp³-hybridized carbons (Fsp3) is 0.150. The van der Waals surface area contributed by atoms with E-state index in [4.69, 9.17) is 0 Å². The molecule has 0 bridgehead atoms. The van der Waals surface area contributed by atoms with E-state index >= 15 is 0 Å². The minimum atomic E-state index is 0.772. The van der Waals surface area contributed by atoms with Crippen molar-refractivity contribution in [1.29, 1.82) is 0 Å². The van der Waals surface area contributed by atoms with E-state index in [9.17, 15) is 0 Å². The van der Waals surface area contributed by atoms with Gasteiger partial charge >= 0.3 is 0 Å². The molecule has 1 heterocycles. The summed E-state index contributed by atoms with van der Waals surface area (Å²) in [6.07, 6.45) is 4.10. The molecule has 0 saturated carbocycles. The molecule has 2 aromatic carbocycles. The molecule has 0 amide bonds. The van der Waals surface area contributed by atoms with Crippen LogP contribution in [0.2, 0.25) is 0 Å². The van der Waals surface area contributed by atoms with E-state index in [-0.39, 0.29) is 0 Å². The van der Waals surface area contributed by atoms with Gasteiger partial charge in [0.2, 0.25) is 5.95 Å². The Labute approximate surface area is 137 Å². The highest BCUT2D eigenvalue weighted by atomic mass is 15.2. The Morgan fingerprint density at radius 3 is 2.39 bits per heavy atom. The summed E-state index contributed by atoms with van der Waals surface area (Å²) in [5.74, 6) is 0.879. The second-order valence-corrected chi connectivity index (χ2v) is 5.65. The number of anilines is 1. The van der Waals surface area contributed by atoms with Crippen LogP contribution in [0.15, 0.2) is 72.4 Å². The Bertz CT molecular complexity index is 786. The average Bonchev–Trinajstić information content (AvgIpc) is 2.95. The Balaban J connectivity index is 1.70. The highest BCUT2D eigenvalue weighted by Gasteiger charge is 2.07. The number of nitrogens with one attached hydrogen (secondary N) is 1. The summed E-state index contributed by atoms with van der Waals surface area (Å²) in [7, 11) is 2.04. The van der Waals surface area contributed by atoms with Crippen molar-refractivity contribution in [1.82, 2.24) is 9.55 Å². The van der Waals surface area contributed by atoms with E-state index in [0.29, 0.717) is 0 Å². The van der Waals surface area contributed by atoms with Gasteiger partial charge in [0.15, 0.2) is 0 Å². The summed E-state index contributed by atoms with van der Waals surface area (Å²) in [6, 6.07) is 20.7.